The summed E-state index contributed by atoms with van der Waals surface area (Å²) in [6.07, 6.45) is 0. The van der Waals surface area contributed by atoms with E-state index < -0.39 is 0 Å². The van der Waals surface area contributed by atoms with Crippen LogP contribution in [0.2, 0.25) is 0 Å². The first-order chi connectivity index (χ1) is 32.6. The molecular formula is C62H42N2S2. The monoisotopic (exact) mass is 878 g/mol. The second-order valence-electron chi connectivity index (χ2n) is 17.3. The van der Waals surface area contributed by atoms with E-state index >= 15 is 0 Å². The van der Waals surface area contributed by atoms with Gasteiger partial charge in [0.25, 0.3) is 0 Å². The molecule has 66 heavy (non-hydrogen) atoms. The SMILES string of the molecule is CN(c1ccc(-c2ccccc2)cc1)c1cccc(-c2ccc(C3Nc4ccc5sc6ccc(-c7cc8ccccc8c8ccccc78)cc6c5c4S3)cc2)c1-c1ccc2ccccc2c1. The zero-order valence-electron chi connectivity index (χ0n) is 36.2. The predicted octanol–water partition coefficient (Wildman–Crippen LogP) is 18.2. The fourth-order valence-corrected chi connectivity index (χ4v) is 12.6. The third-order valence-corrected chi connectivity index (χ3v) is 15.9. The van der Waals surface area contributed by atoms with Gasteiger partial charge in [-0.1, -0.05) is 182 Å². The summed E-state index contributed by atoms with van der Waals surface area (Å²) in [4.78, 5) is 3.66. The van der Waals surface area contributed by atoms with Crippen LogP contribution in [-0.4, -0.2) is 7.05 Å². The first-order valence-electron chi connectivity index (χ1n) is 22.6. The van der Waals surface area contributed by atoms with E-state index in [2.05, 4.69) is 242 Å². The summed E-state index contributed by atoms with van der Waals surface area (Å²) in [5, 5.41) is 14.3. The summed E-state index contributed by atoms with van der Waals surface area (Å²) in [5.41, 5.74) is 14.5. The second-order valence-corrected chi connectivity index (χ2v) is 19.5. The van der Waals surface area contributed by atoms with E-state index in [4.69, 9.17) is 0 Å². The molecule has 0 fully saturated rings. The van der Waals surface area contributed by atoms with Crippen molar-refractivity contribution in [1.82, 2.24) is 0 Å². The quantitative estimate of drug-likeness (QED) is 0.161. The molecule has 1 aliphatic rings. The van der Waals surface area contributed by atoms with Crippen molar-refractivity contribution in [2.75, 3.05) is 17.3 Å². The molecule has 312 valence electrons. The number of fused-ring (bicyclic) bond motifs is 9. The standard InChI is InChI=1S/C62H42N2S2/c1-64(48-31-28-41(29-32-48)39-12-3-2-4-13-39)56-21-11-20-50(59(56)47-27-22-40-14-5-6-15-44(40)36-47)42-23-25-43(26-24-42)62-63-55-33-35-58-60(61(55)66-62)54-38-46(30-34-57(54)65-58)53-37-45-16-7-8-17-49(45)51-18-9-10-19-52(51)53/h2-38,62-63H,1H3. The summed E-state index contributed by atoms with van der Waals surface area (Å²) in [5.74, 6) is 0. The number of hydrogen-bond acceptors (Lipinski definition) is 4. The minimum Gasteiger partial charge on any atom is -0.368 e. The number of anilines is 3. The lowest BCUT2D eigenvalue weighted by Gasteiger charge is -2.25. The molecule has 12 aromatic rings. The van der Waals surface area contributed by atoms with E-state index in [0.717, 1.165) is 11.4 Å². The molecule has 1 N–H and O–H groups in total. The van der Waals surface area contributed by atoms with Crippen molar-refractivity contribution in [2.24, 2.45) is 0 Å². The van der Waals surface area contributed by atoms with Gasteiger partial charge in [-0.25, -0.2) is 0 Å². The van der Waals surface area contributed by atoms with Gasteiger partial charge in [0.05, 0.1) is 0 Å². The smallest absolute Gasteiger partial charge is 0.103 e. The molecule has 0 spiro atoms. The molecule has 0 saturated carbocycles. The molecule has 1 aliphatic heterocycles. The number of thiophene rings is 1. The summed E-state index contributed by atoms with van der Waals surface area (Å²) < 4.78 is 2.65. The molecule has 13 rings (SSSR count). The topological polar surface area (TPSA) is 15.3 Å². The Kier molecular flexibility index (Phi) is 9.30. The molecule has 2 nitrogen and oxygen atoms in total. The zero-order chi connectivity index (χ0) is 43.7. The van der Waals surface area contributed by atoms with Crippen molar-refractivity contribution >= 4 is 92.7 Å². The Bertz CT molecular complexity index is 3830. The third-order valence-electron chi connectivity index (χ3n) is 13.5. The van der Waals surface area contributed by atoms with Crippen LogP contribution in [0.5, 0.6) is 0 Å². The average molecular weight is 879 g/mol. The third kappa shape index (κ3) is 6.56. The number of rotatable bonds is 7. The molecule has 1 aromatic heterocycles. The van der Waals surface area contributed by atoms with Crippen LogP contribution in [-0.2, 0) is 0 Å². The van der Waals surface area contributed by atoms with Gasteiger partial charge >= 0.3 is 0 Å². The summed E-state index contributed by atoms with van der Waals surface area (Å²) in [7, 11) is 2.19. The molecule has 0 radical (unpaired) electrons. The summed E-state index contributed by atoms with van der Waals surface area (Å²) in [6, 6.07) is 82.7. The van der Waals surface area contributed by atoms with E-state index in [9.17, 15) is 0 Å². The number of nitrogens with one attached hydrogen (secondary N) is 1. The number of thioether (sulfide) groups is 1. The van der Waals surface area contributed by atoms with Crippen LogP contribution in [0.25, 0.3) is 97.0 Å². The van der Waals surface area contributed by atoms with E-state index in [-0.39, 0.29) is 5.37 Å². The Balaban J connectivity index is 0.855. The first-order valence-corrected chi connectivity index (χ1v) is 24.3. The normalized spacial score (nSPS) is 13.4. The Morgan fingerprint density at radius 2 is 1.09 bits per heavy atom. The van der Waals surface area contributed by atoms with Gasteiger partial charge in [0.2, 0.25) is 0 Å². The predicted molar refractivity (Wildman–Crippen MR) is 287 cm³/mol. The van der Waals surface area contributed by atoms with Crippen molar-refractivity contribution in [3.05, 3.63) is 230 Å². The van der Waals surface area contributed by atoms with Crippen molar-refractivity contribution < 1.29 is 0 Å². The molecule has 4 heteroatoms. The van der Waals surface area contributed by atoms with E-state index in [1.807, 2.05) is 23.1 Å². The molecule has 1 unspecified atom stereocenters. The van der Waals surface area contributed by atoms with Crippen molar-refractivity contribution in [1.29, 1.82) is 0 Å². The highest BCUT2D eigenvalue weighted by Crippen LogP contribution is 2.54. The van der Waals surface area contributed by atoms with Gasteiger partial charge < -0.3 is 10.2 Å². The minimum atomic E-state index is 0.0958. The Hall–Kier alpha value is -7.63. The van der Waals surface area contributed by atoms with Gasteiger partial charge in [-0.3, -0.25) is 0 Å². The largest absolute Gasteiger partial charge is 0.368 e. The molecule has 0 aliphatic carbocycles. The van der Waals surface area contributed by atoms with E-state index in [0.29, 0.717) is 0 Å². The van der Waals surface area contributed by atoms with Crippen LogP contribution < -0.4 is 10.2 Å². The molecule has 1 atom stereocenters. The Morgan fingerprint density at radius 3 is 1.92 bits per heavy atom. The van der Waals surface area contributed by atoms with Crippen molar-refractivity contribution in [3.8, 4) is 44.5 Å². The maximum atomic E-state index is 3.92. The summed E-state index contributed by atoms with van der Waals surface area (Å²) >= 11 is 3.83. The maximum absolute atomic E-state index is 3.92. The molecule has 0 amide bonds. The molecule has 0 bridgehead atoms. The summed E-state index contributed by atoms with van der Waals surface area (Å²) in [6.45, 7) is 0. The van der Waals surface area contributed by atoms with Crippen LogP contribution >= 0.6 is 23.1 Å². The fourth-order valence-electron chi connectivity index (χ4n) is 10.2. The van der Waals surface area contributed by atoms with Crippen LogP contribution in [0.1, 0.15) is 10.9 Å². The van der Waals surface area contributed by atoms with Gasteiger partial charge in [0.15, 0.2) is 0 Å². The molecule has 0 saturated heterocycles. The van der Waals surface area contributed by atoms with Crippen molar-refractivity contribution in [2.45, 2.75) is 10.3 Å². The lowest BCUT2D eigenvalue weighted by atomic mass is 9.91. The first kappa shape index (κ1) is 38.8. The number of hydrogen-bond donors (Lipinski definition) is 1. The number of benzene rings is 11. The highest BCUT2D eigenvalue weighted by atomic mass is 32.2. The van der Waals surface area contributed by atoms with Gasteiger partial charge in [-0.15, -0.1) is 11.3 Å². The van der Waals surface area contributed by atoms with E-state index in [1.165, 1.54) is 113 Å². The molecule has 2 heterocycles. The Labute approximate surface area is 392 Å². The lowest BCUT2D eigenvalue weighted by Crippen LogP contribution is -2.11. The van der Waals surface area contributed by atoms with Crippen LogP contribution in [0.3, 0.4) is 0 Å². The van der Waals surface area contributed by atoms with Crippen LogP contribution in [0, 0.1) is 0 Å². The Morgan fingerprint density at radius 1 is 0.424 bits per heavy atom. The zero-order valence-corrected chi connectivity index (χ0v) is 37.8. The van der Waals surface area contributed by atoms with Gasteiger partial charge in [-0.2, -0.15) is 0 Å². The number of nitrogens with zero attached hydrogens (tertiary/aromatic N) is 1. The highest BCUT2D eigenvalue weighted by molar-refractivity contribution is 8.00. The van der Waals surface area contributed by atoms with E-state index in [1.54, 1.807) is 0 Å². The van der Waals surface area contributed by atoms with Crippen molar-refractivity contribution in [3.63, 3.8) is 0 Å². The molecular weight excluding hydrogens is 837 g/mol. The fraction of sp³-hybridized carbons (Fsp3) is 0.0323. The van der Waals surface area contributed by atoms with Crippen LogP contribution in [0.15, 0.2) is 229 Å². The van der Waals surface area contributed by atoms with Crippen LogP contribution in [0.4, 0.5) is 17.1 Å². The maximum Gasteiger partial charge on any atom is 0.103 e. The van der Waals surface area contributed by atoms with Gasteiger partial charge in [0, 0.05) is 54.7 Å². The molecule has 11 aromatic carbocycles. The second kappa shape index (κ2) is 15.8. The minimum absolute atomic E-state index is 0.0958. The average Bonchev–Trinajstić information content (AvgIpc) is 4.00. The van der Waals surface area contributed by atoms with Gasteiger partial charge in [-0.05, 0) is 131 Å². The lowest BCUT2D eigenvalue weighted by molar-refractivity contribution is 1.14. The highest BCUT2D eigenvalue weighted by Gasteiger charge is 2.27. The van der Waals surface area contributed by atoms with Gasteiger partial charge in [0.1, 0.15) is 5.37 Å².